The molecule has 2 aromatic rings. The highest BCUT2D eigenvalue weighted by Gasteiger charge is 2.33. The second kappa shape index (κ2) is 6.10. The van der Waals surface area contributed by atoms with E-state index in [1.807, 2.05) is 68.5 Å². The van der Waals surface area contributed by atoms with E-state index in [2.05, 4.69) is 11.4 Å². The van der Waals surface area contributed by atoms with Crippen LogP contribution >= 0.6 is 0 Å². The number of aryl methyl sites for hydroxylation is 2. The van der Waals surface area contributed by atoms with Crippen LogP contribution < -0.4 is 5.32 Å². The SMILES string of the molecule is Cc1ccc(C2=C[C@H](c3ccc(C)cc3)[C@H](C#N)C(=O)N2)cc1. The molecule has 1 amide bonds. The number of carbonyl (C=O) groups is 1. The number of carbonyl (C=O) groups excluding carboxylic acids is 1. The number of nitriles is 1. The summed E-state index contributed by atoms with van der Waals surface area (Å²) in [6, 6.07) is 18.1. The Morgan fingerprint density at radius 3 is 2.09 bits per heavy atom. The molecule has 2 aromatic carbocycles. The third kappa shape index (κ3) is 3.02. The standard InChI is InChI=1S/C20H18N2O/c1-13-3-7-15(8-4-13)17-11-19(22-20(23)18(17)12-21)16-9-5-14(2)6-10-16/h3-11,17-18H,1-2H3,(H,22,23)/t17-,18+/m1/s1. The fourth-order valence-electron chi connectivity index (χ4n) is 2.81. The Hall–Kier alpha value is -2.86. The van der Waals surface area contributed by atoms with E-state index in [9.17, 15) is 10.1 Å². The first-order valence-electron chi connectivity index (χ1n) is 7.64. The summed E-state index contributed by atoms with van der Waals surface area (Å²) in [6.45, 7) is 4.05. The van der Waals surface area contributed by atoms with Gasteiger partial charge in [0.1, 0.15) is 5.92 Å². The van der Waals surface area contributed by atoms with Gasteiger partial charge in [0, 0.05) is 11.6 Å². The summed E-state index contributed by atoms with van der Waals surface area (Å²) in [6.07, 6.45) is 1.99. The van der Waals surface area contributed by atoms with Crippen LogP contribution in [0.15, 0.2) is 54.6 Å². The van der Waals surface area contributed by atoms with Crippen LogP contribution in [0.5, 0.6) is 0 Å². The van der Waals surface area contributed by atoms with E-state index in [1.165, 1.54) is 5.56 Å². The normalized spacial score (nSPS) is 20.4. The number of nitrogens with one attached hydrogen (secondary N) is 1. The zero-order valence-corrected chi connectivity index (χ0v) is 13.2. The van der Waals surface area contributed by atoms with Gasteiger partial charge < -0.3 is 5.32 Å². The molecular weight excluding hydrogens is 284 g/mol. The fourth-order valence-corrected chi connectivity index (χ4v) is 2.81. The molecule has 3 rings (SSSR count). The maximum absolute atomic E-state index is 12.4. The van der Waals surface area contributed by atoms with Gasteiger partial charge in [-0.2, -0.15) is 5.26 Å². The van der Waals surface area contributed by atoms with Gasteiger partial charge in [-0.15, -0.1) is 0 Å². The molecule has 0 aliphatic carbocycles. The highest BCUT2D eigenvalue weighted by atomic mass is 16.2. The van der Waals surface area contributed by atoms with Crippen molar-refractivity contribution in [3.8, 4) is 6.07 Å². The fraction of sp³-hybridized carbons (Fsp3) is 0.200. The second-order valence-corrected chi connectivity index (χ2v) is 5.98. The van der Waals surface area contributed by atoms with Crippen molar-refractivity contribution in [1.29, 1.82) is 5.26 Å². The van der Waals surface area contributed by atoms with Crippen LogP contribution in [0, 0.1) is 31.1 Å². The minimum atomic E-state index is -0.702. The van der Waals surface area contributed by atoms with Crippen molar-refractivity contribution in [1.82, 2.24) is 5.32 Å². The summed E-state index contributed by atoms with van der Waals surface area (Å²) in [5.74, 6) is -1.17. The van der Waals surface area contributed by atoms with Crippen LogP contribution in [0.25, 0.3) is 5.70 Å². The lowest BCUT2D eigenvalue weighted by Crippen LogP contribution is -2.36. The zero-order chi connectivity index (χ0) is 16.4. The Bertz CT molecular complexity index is 795. The summed E-state index contributed by atoms with van der Waals surface area (Å²) < 4.78 is 0. The molecule has 3 nitrogen and oxygen atoms in total. The second-order valence-electron chi connectivity index (χ2n) is 5.98. The average Bonchev–Trinajstić information content (AvgIpc) is 2.55. The summed E-state index contributed by atoms with van der Waals surface area (Å²) in [4.78, 5) is 12.4. The number of hydrogen-bond donors (Lipinski definition) is 1. The van der Waals surface area contributed by atoms with E-state index in [0.717, 1.165) is 22.4 Å². The monoisotopic (exact) mass is 302 g/mol. The Balaban J connectivity index is 2.04. The van der Waals surface area contributed by atoms with Crippen molar-refractivity contribution in [3.63, 3.8) is 0 Å². The molecule has 0 unspecified atom stereocenters. The number of amides is 1. The van der Waals surface area contributed by atoms with Crippen molar-refractivity contribution >= 4 is 11.6 Å². The number of allylic oxidation sites excluding steroid dienone is 1. The molecular formula is C20H18N2O. The quantitative estimate of drug-likeness (QED) is 0.919. The third-order valence-corrected chi connectivity index (χ3v) is 4.21. The lowest BCUT2D eigenvalue weighted by atomic mass is 9.82. The predicted octanol–water partition coefficient (Wildman–Crippen LogP) is 3.70. The topological polar surface area (TPSA) is 52.9 Å². The Morgan fingerprint density at radius 2 is 1.52 bits per heavy atom. The Kier molecular flexibility index (Phi) is 3.99. The highest BCUT2D eigenvalue weighted by Crippen LogP contribution is 2.33. The number of rotatable bonds is 2. The van der Waals surface area contributed by atoms with Crippen LogP contribution in [0.1, 0.15) is 28.2 Å². The van der Waals surface area contributed by atoms with E-state index >= 15 is 0 Å². The predicted molar refractivity (Wildman–Crippen MR) is 90.3 cm³/mol. The maximum atomic E-state index is 12.4. The molecule has 1 heterocycles. The van der Waals surface area contributed by atoms with Gasteiger partial charge in [0.25, 0.3) is 0 Å². The van der Waals surface area contributed by atoms with Gasteiger partial charge in [0.15, 0.2) is 0 Å². The molecule has 2 atom stereocenters. The number of nitrogens with zero attached hydrogens (tertiary/aromatic N) is 1. The molecule has 114 valence electrons. The van der Waals surface area contributed by atoms with Crippen molar-refractivity contribution < 1.29 is 4.79 Å². The maximum Gasteiger partial charge on any atom is 0.242 e. The minimum Gasteiger partial charge on any atom is -0.325 e. The van der Waals surface area contributed by atoms with E-state index in [1.54, 1.807) is 0 Å². The van der Waals surface area contributed by atoms with E-state index in [-0.39, 0.29) is 11.8 Å². The zero-order valence-electron chi connectivity index (χ0n) is 13.2. The van der Waals surface area contributed by atoms with E-state index in [4.69, 9.17) is 0 Å². The summed E-state index contributed by atoms with van der Waals surface area (Å²) in [5, 5.41) is 12.3. The van der Waals surface area contributed by atoms with Crippen LogP contribution in [-0.2, 0) is 4.79 Å². The molecule has 23 heavy (non-hydrogen) atoms. The first kappa shape index (κ1) is 15.1. The molecule has 1 N–H and O–H groups in total. The molecule has 0 spiro atoms. The van der Waals surface area contributed by atoms with Crippen LogP contribution in [0.2, 0.25) is 0 Å². The summed E-state index contributed by atoms with van der Waals surface area (Å²) in [7, 11) is 0. The summed E-state index contributed by atoms with van der Waals surface area (Å²) in [5.41, 5.74) is 5.04. The van der Waals surface area contributed by atoms with Crippen LogP contribution in [0.4, 0.5) is 0 Å². The lowest BCUT2D eigenvalue weighted by molar-refractivity contribution is -0.122. The lowest BCUT2D eigenvalue weighted by Gasteiger charge is -2.26. The number of hydrogen-bond acceptors (Lipinski definition) is 2. The van der Waals surface area contributed by atoms with Crippen LogP contribution in [-0.4, -0.2) is 5.91 Å². The molecule has 1 aliphatic rings. The Morgan fingerprint density at radius 1 is 0.957 bits per heavy atom. The molecule has 0 saturated carbocycles. The molecule has 0 saturated heterocycles. The minimum absolute atomic E-state index is 0.231. The molecule has 0 fully saturated rings. The van der Waals surface area contributed by atoms with Gasteiger partial charge >= 0.3 is 0 Å². The first-order chi connectivity index (χ1) is 11.1. The van der Waals surface area contributed by atoms with Crippen molar-refractivity contribution in [2.75, 3.05) is 0 Å². The van der Waals surface area contributed by atoms with E-state index in [0.29, 0.717) is 0 Å². The van der Waals surface area contributed by atoms with Gasteiger partial charge in [0.05, 0.1) is 6.07 Å². The van der Waals surface area contributed by atoms with Crippen molar-refractivity contribution in [2.45, 2.75) is 19.8 Å². The first-order valence-corrected chi connectivity index (χ1v) is 7.64. The smallest absolute Gasteiger partial charge is 0.242 e. The number of benzene rings is 2. The third-order valence-electron chi connectivity index (χ3n) is 4.21. The molecule has 0 bridgehead atoms. The summed E-state index contributed by atoms with van der Waals surface area (Å²) >= 11 is 0. The highest BCUT2D eigenvalue weighted by molar-refractivity contribution is 5.93. The van der Waals surface area contributed by atoms with Gasteiger partial charge in [-0.05, 0) is 25.0 Å². The van der Waals surface area contributed by atoms with Gasteiger partial charge in [-0.1, -0.05) is 65.7 Å². The average molecular weight is 302 g/mol. The molecule has 3 heteroatoms. The van der Waals surface area contributed by atoms with Gasteiger partial charge in [-0.25, -0.2) is 0 Å². The largest absolute Gasteiger partial charge is 0.325 e. The van der Waals surface area contributed by atoms with E-state index < -0.39 is 5.92 Å². The molecule has 1 aliphatic heterocycles. The van der Waals surface area contributed by atoms with Gasteiger partial charge in [0.2, 0.25) is 5.91 Å². The molecule has 0 aromatic heterocycles. The Labute approximate surface area is 136 Å². The van der Waals surface area contributed by atoms with Gasteiger partial charge in [-0.3, -0.25) is 4.79 Å². The van der Waals surface area contributed by atoms with Crippen LogP contribution in [0.3, 0.4) is 0 Å². The van der Waals surface area contributed by atoms with Crippen molar-refractivity contribution in [2.24, 2.45) is 5.92 Å². The molecule has 0 radical (unpaired) electrons. The van der Waals surface area contributed by atoms with Crippen molar-refractivity contribution in [3.05, 3.63) is 76.9 Å².